The Labute approximate surface area is 90.6 Å². The Morgan fingerprint density at radius 2 is 1.80 bits per heavy atom. The zero-order valence-electron chi connectivity index (χ0n) is 9.49. The minimum atomic E-state index is -1.08. The maximum atomic E-state index is 11.4. The van der Waals surface area contributed by atoms with E-state index in [1.54, 1.807) is 0 Å². The lowest BCUT2D eigenvalue weighted by molar-refractivity contribution is -0.159. The van der Waals surface area contributed by atoms with Gasteiger partial charge in [-0.15, -0.1) is 0 Å². The summed E-state index contributed by atoms with van der Waals surface area (Å²) in [4.78, 5) is 22.1. The molecule has 0 fully saturated rings. The number of hydrogen-bond donors (Lipinski definition) is 1. The summed E-state index contributed by atoms with van der Waals surface area (Å²) in [6.07, 6.45) is 3.70. The minimum Gasteiger partial charge on any atom is -0.481 e. The fourth-order valence-corrected chi connectivity index (χ4v) is 1.17. The molecule has 0 rings (SSSR count). The number of carboxylic acid groups (broad SMARTS) is 1. The number of ether oxygens (including phenoxy) is 1. The van der Waals surface area contributed by atoms with Crippen LogP contribution in [0.25, 0.3) is 0 Å². The van der Waals surface area contributed by atoms with Crippen molar-refractivity contribution in [3.8, 4) is 0 Å². The molecule has 4 heteroatoms. The molecule has 0 aliphatic rings. The summed E-state index contributed by atoms with van der Waals surface area (Å²) in [5.41, 5.74) is 0. The van der Waals surface area contributed by atoms with Crippen molar-refractivity contribution in [3.63, 3.8) is 0 Å². The van der Waals surface area contributed by atoms with Crippen LogP contribution in [0.15, 0.2) is 0 Å². The Kier molecular flexibility index (Phi) is 7.68. The first kappa shape index (κ1) is 13.9. The SMILES string of the molecule is CCCCOC(=O)[C@H](CCCC)C(=O)O. The van der Waals surface area contributed by atoms with Gasteiger partial charge in [0.1, 0.15) is 0 Å². The van der Waals surface area contributed by atoms with Crippen LogP contribution < -0.4 is 0 Å². The number of rotatable bonds is 8. The zero-order valence-corrected chi connectivity index (χ0v) is 9.49. The van der Waals surface area contributed by atoms with Crippen LogP contribution in [0.3, 0.4) is 0 Å². The summed E-state index contributed by atoms with van der Waals surface area (Å²) in [7, 11) is 0. The maximum absolute atomic E-state index is 11.4. The van der Waals surface area contributed by atoms with Gasteiger partial charge >= 0.3 is 11.9 Å². The second kappa shape index (κ2) is 8.26. The van der Waals surface area contributed by atoms with Crippen molar-refractivity contribution in [2.24, 2.45) is 5.92 Å². The number of esters is 1. The first-order valence-electron chi connectivity index (χ1n) is 5.52. The van der Waals surface area contributed by atoms with Gasteiger partial charge in [-0.3, -0.25) is 9.59 Å². The average molecular weight is 216 g/mol. The topological polar surface area (TPSA) is 63.6 Å². The molecule has 0 unspecified atom stereocenters. The molecule has 0 aromatic carbocycles. The lowest BCUT2D eigenvalue weighted by Crippen LogP contribution is -2.26. The monoisotopic (exact) mass is 216 g/mol. The molecule has 0 aromatic heterocycles. The highest BCUT2D eigenvalue weighted by molar-refractivity contribution is 5.93. The number of carbonyl (C=O) groups excluding carboxylic acids is 1. The van der Waals surface area contributed by atoms with E-state index in [4.69, 9.17) is 9.84 Å². The smallest absolute Gasteiger partial charge is 0.320 e. The molecule has 4 nitrogen and oxygen atoms in total. The van der Waals surface area contributed by atoms with Crippen molar-refractivity contribution in [2.45, 2.75) is 46.0 Å². The van der Waals surface area contributed by atoms with E-state index in [0.717, 1.165) is 25.7 Å². The second-order valence-electron chi connectivity index (χ2n) is 3.55. The largest absolute Gasteiger partial charge is 0.481 e. The lowest BCUT2D eigenvalue weighted by Gasteiger charge is -2.11. The van der Waals surface area contributed by atoms with Crippen molar-refractivity contribution in [2.75, 3.05) is 6.61 Å². The Balaban J connectivity index is 3.99. The van der Waals surface area contributed by atoms with Crippen molar-refractivity contribution < 1.29 is 19.4 Å². The predicted octanol–water partition coefficient (Wildman–Crippen LogP) is 2.22. The van der Waals surface area contributed by atoms with Gasteiger partial charge in [0.2, 0.25) is 0 Å². The first-order valence-corrected chi connectivity index (χ1v) is 5.52. The van der Waals surface area contributed by atoms with Gasteiger partial charge in [0.05, 0.1) is 6.61 Å². The van der Waals surface area contributed by atoms with E-state index in [-0.39, 0.29) is 0 Å². The van der Waals surface area contributed by atoms with Crippen LogP contribution in [-0.2, 0) is 14.3 Å². The maximum Gasteiger partial charge on any atom is 0.320 e. The predicted molar refractivity (Wildman–Crippen MR) is 56.5 cm³/mol. The highest BCUT2D eigenvalue weighted by Crippen LogP contribution is 2.11. The summed E-state index contributed by atoms with van der Waals surface area (Å²) in [5, 5.41) is 8.83. The fraction of sp³-hybridized carbons (Fsp3) is 0.818. The van der Waals surface area contributed by atoms with E-state index in [1.807, 2.05) is 13.8 Å². The molecule has 0 saturated carbocycles. The van der Waals surface area contributed by atoms with Crippen molar-refractivity contribution >= 4 is 11.9 Å². The van der Waals surface area contributed by atoms with Gasteiger partial charge in [-0.1, -0.05) is 33.1 Å². The zero-order chi connectivity index (χ0) is 11.7. The van der Waals surface area contributed by atoms with Crippen LogP contribution in [0, 0.1) is 5.92 Å². The quantitative estimate of drug-likeness (QED) is 0.384. The third kappa shape index (κ3) is 6.10. The lowest BCUT2D eigenvalue weighted by atomic mass is 10.0. The molecular weight excluding hydrogens is 196 g/mol. The first-order chi connectivity index (χ1) is 7.13. The molecule has 0 spiro atoms. The van der Waals surface area contributed by atoms with E-state index in [0.29, 0.717) is 13.0 Å². The molecule has 0 heterocycles. The Bertz CT molecular complexity index is 201. The van der Waals surface area contributed by atoms with E-state index < -0.39 is 17.9 Å². The number of carboxylic acids is 1. The highest BCUT2D eigenvalue weighted by atomic mass is 16.5. The molecule has 15 heavy (non-hydrogen) atoms. The summed E-state index contributed by atoms with van der Waals surface area (Å²) in [6.45, 7) is 4.27. The van der Waals surface area contributed by atoms with Crippen molar-refractivity contribution in [1.29, 1.82) is 0 Å². The van der Waals surface area contributed by atoms with Crippen molar-refractivity contribution in [1.82, 2.24) is 0 Å². The molecule has 0 aliphatic heterocycles. The molecule has 0 saturated heterocycles. The average Bonchev–Trinajstić information content (AvgIpc) is 2.18. The van der Waals surface area contributed by atoms with Gasteiger partial charge in [0, 0.05) is 0 Å². The van der Waals surface area contributed by atoms with Gasteiger partial charge in [0.15, 0.2) is 5.92 Å². The molecular formula is C11H20O4. The molecule has 0 aliphatic carbocycles. The van der Waals surface area contributed by atoms with Gasteiger partial charge < -0.3 is 9.84 Å². The van der Waals surface area contributed by atoms with Gasteiger partial charge in [-0.2, -0.15) is 0 Å². The van der Waals surface area contributed by atoms with Crippen LogP contribution >= 0.6 is 0 Å². The van der Waals surface area contributed by atoms with E-state index in [1.165, 1.54) is 0 Å². The summed E-state index contributed by atoms with van der Waals surface area (Å²) in [5.74, 6) is -2.66. The number of aliphatic carboxylic acids is 1. The standard InChI is InChI=1S/C11H20O4/c1-3-5-7-9(10(12)13)11(14)15-8-6-4-2/h9H,3-8H2,1-2H3,(H,12,13)/t9-/m1/s1. The third-order valence-corrected chi connectivity index (χ3v) is 2.17. The van der Waals surface area contributed by atoms with Crippen molar-refractivity contribution in [3.05, 3.63) is 0 Å². The molecule has 0 amide bonds. The highest BCUT2D eigenvalue weighted by Gasteiger charge is 2.26. The Hall–Kier alpha value is -1.06. The fourth-order valence-electron chi connectivity index (χ4n) is 1.17. The van der Waals surface area contributed by atoms with Gasteiger partial charge in [0.25, 0.3) is 0 Å². The van der Waals surface area contributed by atoms with E-state index in [9.17, 15) is 9.59 Å². The molecule has 0 bridgehead atoms. The van der Waals surface area contributed by atoms with Gasteiger partial charge in [-0.25, -0.2) is 0 Å². The summed E-state index contributed by atoms with van der Waals surface area (Å²) in [6, 6.07) is 0. The van der Waals surface area contributed by atoms with E-state index >= 15 is 0 Å². The van der Waals surface area contributed by atoms with Crippen LogP contribution in [0.5, 0.6) is 0 Å². The minimum absolute atomic E-state index is 0.325. The third-order valence-electron chi connectivity index (χ3n) is 2.17. The summed E-state index contributed by atoms with van der Waals surface area (Å²) >= 11 is 0. The Morgan fingerprint density at radius 3 is 2.27 bits per heavy atom. The number of carbonyl (C=O) groups is 2. The van der Waals surface area contributed by atoms with Crippen LogP contribution in [0.2, 0.25) is 0 Å². The van der Waals surface area contributed by atoms with Gasteiger partial charge in [-0.05, 0) is 12.8 Å². The normalized spacial score (nSPS) is 12.1. The molecule has 1 atom stereocenters. The molecule has 0 aromatic rings. The molecule has 1 N–H and O–H groups in total. The summed E-state index contributed by atoms with van der Waals surface area (Å²) < 4.78 is 4.88. The Morgan fingerprint density at radius 1 is 1.20 bits per heavy atom. The second-order valence-corrected chi connectivity index (χ2v) is 3.55. The van der Waals surface area contributed by atoms with E-state index in [2.05, 4.69) is 0 Å². The number of hydrogen-bond acceptors (Lipinski definition) is 3. The number of unbranched alkanes of at least 4 members (excludes halogenated alkanes) is 2. The molecule has 88 valence electrons. The van der Waals surface area contributed by atoms with Crippen LogP contribution in [0.4, 0.5) is 0 Å². The molecule has 0 radical (unpaired) electrons. The van der Waals surface area contributed by atoms with Crippen LogP contribution in [-0.4, -0.2) is 23.7 Å². The van der Waals surface area contributed by atoms with Crippen LogP contribution in [0.1, 0.15) is 46.0 Å².